The lowest BCUT2D eigenvalue weighted by molar-refractivity contribution is -0.385. The van der Waals surface area contributed by atoms with Crippen LogP contribution in [-0.4, -0.2) is 26.4 Å². The number of fused-ring (bicyclic) bond motifs is 2. The lowest BCUT2D eigenvalue weighted by Crippen LogP contribution is -2.44. The Bertz CT molecular complexity index is 1160. The molecule has 0 aromatic heterocycles. The number of carbonyl (C=O) groups is 1. The molecule has 1 aliphatic heterocycles. The number of nitro groups is 1. The van der Waals surface area contributed by atoms with E-state index in [0.717, 1.165) is 41.8 Å². The van der Waals surface area contributed by atoms with E-state index in [1.54, 1.807) is 12.1 Å². The van der Waals surface area contributed by atoms with E-state index in [2.05, 4.69) is 0 Å². The number of methoxy groups -OCH3 is 1. The van der Waals surface area contributed by atoms with E-state index in [-0.39, 0.29) is 22.0 Å². The van der Waals surface area contributed by atoms with Crippen molar-refractivity contribution in [2.75, 3.05) is 11.4 Å². The van der Waals surface area contributed by atoms with Gasteiger partial charge in [-0.1, -0.05) is 30.9 Å². The highest BCUT2D eigenvalue weighted by atomic mass is 35.5. The van der Waals surface area contributed by atoms with E-state index in [0.29, 0.717) is 23.4 Å². The van der Waals surface area contributed by atoms with Crippen molar-refractivity contribution in [2.45, 2.75) is 42.4 Å². The molecule has 1 fully saturated rings. The summed E-state index contributed by atoms with van der Waals surface area (Å²) in [5.74, 6) is -0.711. The molecule has 30 heavy (non-hydrogen) atoms. The Morgan fingerprint density at radius 3 is 2.47 bits per heavy atom. The molecule has 0 atom stereocenters. The SMILES string of the molecule is COc1cc([N+](=O)[O-])ccc1S(=O)(=O)N1C(=O)C2(CCCCC2)c2cc(Cl)ccc21. The van der Waals surface area contributed by atoms with Crippen LogP contribution in [0.3, 0.4) is 0 Å². The third-order valence-corrected chi connectivity index (χ3v) is 7.84. The molecule has 0 bridgehead atoms. The highest BCUT2D eigenvalue weighted by Gasteiger charge is 2.55. The lowest BCUT2D eigenvalue weighted by atomic mass is 9.70. The summed E-state index contributed by atoms with van der Waals surface area (Å²) in [5.41, 5.74) is -0.357. The quantitative estimate of drug-likeness (QED) is 0.510. The topological polar surface area (TPSA) is 107 Å². The van der Waals surface area contributed by atoms with Gasteiger partial charge in [-0.2, -0.15) is 0 Å². The Labute approximate surface area is 178 Å². The summed E-state index contributed by atoms with van der Waals surface area (Å²) in [6.07, 6.45) is 3.69. The van der Waals surface area contributed by atoms with Crippen LogP contribution in [0.25, 0.3) is 0 Å². The van der Waals surface area contributed by atoms with Crippen LogP contribution in [0.1, 0.15) is 37.7 Å². The standard InChI is InChI=1S/C20H19ClN2O6S/c1-29-17-12-14(23(25)26)6-8-18(17)30(27,28)22-16-7-5-13(21)11-15(16)20(19(22)24)9-3-2-4-10-20/h5-8,11-12H,2-4,9-10H2,1H3. The Balaban J connectivity index is 1.90. The maximum absolute atomic E-state index is 13.6. The highest BCUT2D eigenvalue weighted by Crippen LogP contribution is 2.52. The zero-order valence-corrected chi connectivity index (χ0v) is 17.7. The summed E-state index contributed by atoms with van der Waals surface area (Å²) in [4.78, 5) is 23.7. The summed E-state index contributed by atoms with van der Waals surface area (Å²) < 4.78 is 33.1. The minimum atomic E-state index is -4.38. The largest absolute Gasteiger partial charge is 0.495 e. The van der Waals surface area contributed by atoms with Gasteiger partial charge in [0.05, 0.1) is 29.2 Å². The van der Waals surface area contributed by atoms with Gasteiger partial charge < -0.3 is 4.74 Å². The second-order valence-corrected chi connectivity index (χ2v) is 9.66. The molecule has 0 radical (unpaired) electrons. The first kappa shape index (κ1) is 20.6. The van der Waals surface area contributed by atoms with Crippen molar-refractivity contribution in [1.82, 2.24) is 0 Å². The number of nitrogens with zero attached hydrogens (tertiary/aromatic N) is 2. The summed E-state index contributed by atoms with van der Waals surface area (Å²) in [5, 5.41) is 11.5. The number of amides is 1. The fourth-order valence-electron chi connectivity index (χ4n) is 4.45. The first-order chi connectivity index (χ1) is 14.2. The van der Waals surface area contributed by atoms with Crippen LogP contribution in [-0.2, 0) is 20.2 Å². The summed E-state index contributed by atoms with van der Waals surface area (Å²) in [7, 11) is -3.16. The minimum Gasteiger partial charge on any atom is -0.495 e. The first-order valence-corrected chi connectivity index (χ1v) is 11.3. The molecule has 10 heteroatoms. The number of ether oxygens (including phenoxy) is 1. The number of anilines is 1. The molecule has 0 N–H and O–H groups in total. The predicted molar refractivity (Wildman–Crippen MR) is 111 cm³/mol. The summed E-state index contributed by atoms with van der Waals surface area (Å²) in [6.45, 7) is 0. The van der Waals surface area contributed by atoms with Crippen LogP contribution in [0.2, 0.25) is 5.02 Å². The smallest absolute Gasteiger partial charge is 0.274 e. The molecular weight excluding hydrogens is 432 g/mol. The molecule has 0 saturated heterocycles. The molecule has 0 unspecified atom stereocenters. The van der Waals surface area contributed by atoms with Gasteiger partial charge in [0, 0.05) is 11.1 Å². The Hall–Kier alpha value is -2.65. The van der Waals surface area contributed by atoms with E-state index in [1.165, 1.54) is 13.2 Å². The number of hydrogen-bond acceptors (Lipinski definition) is 6. The Morgan fingerprint density at radius 1 is 1.13 bits per heavy atom. The van der Waals surface area contributed by atoms with E-state index in [9.17, 15) is 23.3 Å². The fourth-order valence-corrected chi connectivity index (χ4v) is 6.26. The second-order valence-electron chi connectivity index (χ2n) is 7.47. The van der Waals surface area contributed by atoms with Crippen LogP contribution in [0.15, 0.2) is 41.3 Å². The van der Waals surface area contributed by atoms with E-state index < -0.39 is 26.3 Å². The number of carbonyl (C=O) groups excluding carboxylic acids is 1. The van der Waals surface area contributed by atoms with Gasteiger partial charge in [-0.25, -0.2) is 12.7 Å². The van der Waals surface area contributed by atoms with Gasteiger partial charge in [0.1, 0.15) is 10.6 Å². The minimum absolute atomic E-state index is 0.197. The van der Waals surface area contributed by atoms with Crippen LogP contribution in [0, 0.1) is 10.1 Å². The fraction of sp³-hybridized carbons (Fsp3) is 0.350. The average Bonchev–Trinajstić information content (AvgIpc) is 2.96. The van der Waals surface area contributed by atoms with E-state index in [4.69, 9.17) is 16.3 Å². The van der Waals surface area contributed by atoms with Gasteiger partial charge in [-0.05, 0) is 42.7 Å². The molecule has 158 valence electrons. The van der Waals surface area contributed by atoms with Crippen molar-refractivity contribution < 1.29 is 22.9 Å². The monoisotopic (exact) mass is 450 g/mol. The van der Waals surface area contributed by atoms with Gasteiger partial charge in [-0.15, -0.1) is 0 Å². The van der Waals surface area contributed by atoms with Crippen LogP contribution in [0.4, 0.5) is 11.4 Å². The van der Waals surface area contributed by atoms with E-state index >= 15 is 0 Å². The van der Waals surface area contributed by atoms with Crippen LogP contribution in [0.5, 0.6) is 5.75 Å². The number of halogens is 1. The molecule has 2 aliphatic rings. The molecule has 1 aliphatic carbocycles. The van der Waals surface area contributed by atoms with Crippen molar-refractivity contribution in [3.05, 3.63) is 57.1 Å². The third kappa shape index (κ3) is 2.95. The van der Waals surface area contributed by atoms with Gasteiger partial charge in [0.15, 0.2) is 0 Å². The Kier molecular flexibility index (Phi) is 4.98. The van der Waals surface area contributed by atoms with Crippen molar-refractivity contribution in [1.29, 1.82) is 0 Å². The van der Waals surface area contributed by atoms with Gasteiger partial charge >= 0.3 is 0 Å². The predicted octanol–water partition coefficient (Wildman–Crippen LogP) is 4.19. The van der Waals surface area contributed by atoms with Crippen LogP contribution >= 0.6 is 11.6 Å². The molecule has 2 aromatic rings. The normalized spacial score (nSPS) is 17.8. The maximum Gasteiger partial charge on any atom is 0.274 e. The van der Waals surface area contributed by atoms with Gasteiger partial charge in [0.25, 0.3) is 21.6 Å². The first-order valence-electron chi connectivity index (χ1n) is 9.44. The number of sulfonamides is 1. The number of benzene rings is 2. The third-order valence-electron chi connectivity index (χ3n) is 5.87. The molecule has 1 amide bonds. The molecule has 8 nitrogen and oxygen atoms in total. The molecule has 1 heterocycles. The number of nitro benzene ring substituents is 1. The molecular formula is C20H19ClN2O6S. The molecule has 2 aromatic carbocycles. The zero-order valence-electron chi connectivity index (χ0n) is 16.1. The second kappa shape index (κ2) is 7.24. The van der Waals surface area contributed by atoms with Crippen molar-refractivity contribution in [2.24, 2.45) is 0 Å². The summed E-state index contributed by atoms with van der Waals surface area (Å²) >= 11 is 6.18. The lowest BCUT2D eigenvalue weighted by Gasteiger charge is -2.32. The average molecular weight is 451 g/mol. The van der Waals surface area contributed by atoms with Gasteiger partial charge in [0.2, 0.25) is 0 Å². The van der Waals surface area contributed by atoms with Crippen molar-refractivity contribution >= 4 is 38.9 Å². The molecule has 1 spiro atoms. The highest BCUT2D eigenvalue weighted by molar-refractivity contribution is 7.93. The van der Waals surface area contributed by atoms with Gasteiger partial charge in [-0.3, -0.25) is 14.9 Å². The molecule has 1 saturated carbocycles. The zero-order chi connectivity index (χ0) is 21.7. The van der Waals surface area contributed by atoms with Crippen molar-refractivity contribution in [3.8, 4) is 5.75 Å². The van der Waals surface area contributed by atoms with Crippen molar-refractivity contribution in [3.63, 3.8) is 0 Å². The van der Waals surface area contributed by atoms with E-state index in [1.807, 2.05) is 0 Å². The number of rotatable bonds is 4. The number of non-ortho nitro benzene ring substituents is 1. The maximum atomic E-state index is 13.6. The Morgan fingerprint density at radius 2 is 1.83 bits per heavy atom. The van der Waals surface area contributed by atoms with Crippen LogP contribution < -0.4 is 9.04 Å². The number of hydrogen-bond donors (Lipinski definition) is 0. The molecule has 4 rings (SSSR count). The summed E-state index contributed by atoms with van der Waals surface area (Å²) in [6, 6.07) is 7.96.